The molecule has 72 valence electrons. The molecule has 0 aliphatic rings. The molecule has 0 aliphatic carbocycles. The maximum Gasteiger partial charge on any atom is 0.147 e. The Hall–Kier alpha value is -1.12. The molecule has 1 atom stereocenters. The summed E-state index contributed by atoms with van der Waals surface area (Å²) in [7, 11) is 0. The zero-order chi connectivity index (χ0) is 9.68. The fourth-order valence-corrected chi connectivity index (χ4v) is 1.21. The molecule has 13 heavy (non-hydrogen) atoms. The fraction of sp³-hybridized carbons (Fsp3) is 0.600. The SMILES string of the molecule is CCNc1nccnc1C(C)CC. The van der Waals surface area contributed by atoms with Crippen LogP contribution in [-0.4, -0.2) is 16.5 Å². The summed E-state index contributed by atoms with van der Waals surface area (Å²) in [6.45, 7) is 7.29. The molecule has 0 saturated heterocycles. The molecule has 0 aliphatic heterocycles. The van der Waals surface area contributed by atoms with Crippen LogP contribution in [-0.2, 0) is 0 Å². The molecule has 3 heteroatoms. The predicted octanol–water partition coefficient (Wildman–Crippen LogP) is 2.42. The van der Waals surface area contributed by atoms with Crippen LogP contribution < -0.4 is 5.32 Å². The van der Waals surface area contributed by atoms with Crippen LogP contribution in [0, 0.1) is 0 Å². The molecule has 0 fully saturated rings. The van der Waals surface area contributed by atoms with E-state index in [1.54, 1.807) is 12.4 Å². The number of rotatable bonds is 4. The molecule has 1 rings (SSSR count). The van der Waals surface area contributed by atoms with Gasteiger partial charge in [-0.2, -0.15) is 0 Å². The second kappa shape index (κ2) is 4.80. The molecule has 1 aromatic rings. The van der Waals surface area contributed by atoms with Crippen molar-refractivity contribution >= 4 is 5.82 Å². The molecule has 3 nitrogen and oxygen atoms in total. The van der Waals surface area contributed by atoms with E-state index in [0.717, 1.165) is 24.5 Å². The lowest BCUT2D eigenvalue weighted by atomic mass is 10.1. The van der Waals surface area contributed by atoms with E-state index in [4.69, 9.17) is 0 Å². The minimum atomic E-state index is 0.475. The number of anilines is 1. The number of nitrogens with zero attached hydrogens (tertiary/aromatic N) is 2. The summed E-state index contributed by atoms with van der Waals surface area (Å²) >= 11 is 0. The zero-order valence-electron chi connectivity index (χ0n) is 8.54. The molecule has 1 heterocycles. The molecule has 0 amide bonds. The average molecular weight is 179 g/mol. The largest absolute Gasteiger partial charge is 0.369 e. The van der Waals surface area contributed by atoms with Crippen molar-refractivity contribution in [2.24, 2.45) is 0 Å². The zero-order valence-corrected chi connectivity index (χ0v) is 8.54. The van der Waals surface area contributed by atoms with Crippen molar-refractivity contribution in [2.45, 2.75) is 33.1 Å². The number of hydrogen-bond donors (Lipinski definition) is 1. The summed E-state index contributed by atoms with van der Waals surface area (Å²) in [4.78, 5) is 8.61. The van der Waals surface area contributed by atoms with Crippen LogP contribution in [0.1, 0.15) is 38.8 Å². The molecule has 1 unspecified atom stereocenters. The third kappa shape index (κ3) is 2.41. The van der Waals surface area contributed by atoms with Crippen molar-refractivity contribution < 1.29 is 0 Å². The second-order valence-corrected chi connectivity index (χ2v) is 3.13. The molecular weight excluding hydrogens is 162 g/mol. The average Bonchev–Trinajstić information content (AvgIpc) is 2.18. The van der Waals surface area contributed by atoms with Crippen LogP contribution in [0.3, 0.4) is 0 Å². The normalized spacial score (nSPS) is 12.5. The molecule has 1 aromatic heterocycles. The van der Waals surface area contributed by atoms with Gasteiger partial charge in [0.2, 0.25) is 0 Å². The molecular formula is C10H17N3. The van der Waals surface area contributed by atoms with Gasteiger partial charge in [0, 0.05) is 24.9 Å². The highest BCUT2D eigenvalue weighted by atomic mass is 15.0. The van der Waals surface area contributed by atoms with Gasteiger partial charge in [-0.1, -0.05) is 13.8 Å². The molecule has 1 N–H and O–H groups in total. The van der Waals surface area contributed by atoms with Gasteiger partial charge in [-0.05, 0) is 13.3 Å². The van der Waals surface area contributed by atoms with Gasteiger partial charge in [-0.25, -0.2) is 4.98 Å². The Balaban J connectivity index is 2.90. The second-order valence-electron chi connectivity index (χ2n) is 3.13. The van der Waals surface area contributed by atoms with E-state index < -0.39 is 0 Å². The van der Waals surface area contributed by atoms with E-state index in [9.17, 15) is 0 Å². The van der Waals surface area contributed by atoms with E-state index in [-0.39, 0.29) is 0 Å². The molecule has 0 bridgehead atoms. The van der Waals surface area contributed by atoms with Crippen molar-refractivity contribution in [3.8, 4) is 0 Å². The van der Waals surface area contributed by atoms with Crippen LogP contribution in [0.4, 0.5) is 5.82 Å². The maximum absolute atomic E-state index is 4.34. The first-order chi connectivity index (χ1) is 6.29. The van der Waals surface area contributed by atoms with E-state index >= 15 is 0 Å². The lowest BCUT2D eigenvalue weighted by Crippen LogP contribution is -2.07. The van der Waals surface area contributed by atoms with Crippen molar-refractivity contribution in [3.05, 3.63) is 18.1 Å². The van der Waals surface area contributed by atoms with Gasteiger partial charge >= 0.3 is 0 Å². The Morgan fingerprint density at radius 3 is 2.62 bits per heavy atom. The van der Waals surface area contributed by atoms with Crippen LogP contribution in [0.15, 0.2) is 12.4 Å². The summed E-state index contributed by atoms with van der Waals surface area (Å²) in [5.74, 6) is 1.40. The quantitative estimate of drug-likeness (QED) is 0.771. The highest BCUT2D eigenvalue weighted by Crippen LogP contribution is 2.21. The summed E-state index contributed by atoms with van der Waals surface area (Å²) in [5, 5.41) is 3.22. The predicted molar refractivity (Wildman–Crippen MR) is 54.9 cm³/mol. The Bertz CT molecular complexity index is 260. The van der Waals surface area contributed by atoms with Crippen molar-refractivity contribution in [1.82, 2.24) is 9.97 Å². The lowest BCUT2D eigenvalue weighted by Gasteiger charge is -2.12. The Kier molecular flexibility index (Phi) is 3.68. The molecule has 0 radical (unpaired) electrons. The number of hydrogen-bond acceptors (Lipinski definition) is 3. The van der Waals surface area contributed by atoms with Crippen molar-refractivity contribution in [3.63, 3.8) is 0 Å². The van der Waals surface area contributed by atoms with Crippen LogP contribution >= 0.6 is 0 Å². The minimum absolute atomic E-state index is 0.475. The summed E-state index contributed by atoms with van der Waals surface area (Å²) in [5.41, 5.74) is 1.08. The number of aromatic nitrogens is 2. The van der Waals surface area contributed by atoms with E-state index in [2.05, 4.69) is 36.1 Å². The first kappa shape index (κ1) is 9.96. The maximum atomic E-state index is 4.34. The fourth-order valence-electron chi connectivity index (χ4n) is 1.21. The minimum Gasteiger partial charge on any atom is -0.369 e. The highest BCUT2D eigenvalue weighted by Gasteiger charge is 2.09. The van der Waals surface area contributed by atoms with Crippen LogP contribution in [0.5, 0.6) is 0 Å². The third-order valence-corrected chi connectivity index (χ3v) is 2.15. The molecule has 0 saturated carbocycles. The lowest BCUT2D eigenvalue weighted by molar-refractivity contribution is 0.704. The van der Waals surface area contributed by atoms with Gasteiger partial charge in [0.15, 0.2) is 0 Å². The first-order valence-electron chi connectivity index (χ1n) is 4.84. The van der Waals surface area contributed by atoms with Gasteiger partial charge in [0.25, 0.3) is 0 Å². The standard InChI is InChI=1S/C10H17N3/c1-4-8(3)9-10(11-5-2)13-7-6-12-9/h6-8H,4-5H2,1-3H3,(H,11,13). The number of nitrogens with one attached hydrogen (secondary N) is 1. The summed E-state index contributed by atoms with van der Waals surface area (Å²) in [6, 6.07) is 0. The Labute approximate surface area is 79.6 Å². The van der Waals surface area contributed by atoms with E-state index in [1.807, 2.05) is 0 Å². The van der Waals surface area contributed by atoms with Gasteiger partial charge in [-0.15, -0.1) is 0 Å². The first-order valence-corrected chi connectivity index (χ1v) is 4.84. The Morgan fingerprint density at radius 2 is 2.00 bits per heavy atom. The van der Waals surface area contributed by atoms with Crippen LogP contribution in [0.2, 0.25) is 0 Å². The van der Waals surface area contributed by atoms with Gasteiger partial charge in [-0.3, -0.25) is 4.98 Å². The van der Waals surface area contributed by atoms with Gasteiger partial charge in [0.05, 0.1) is 5.69 Å². The van der Waals surface area contributed by atoms with E-state index in [1.165, 1.54) is 0 Å². The Morgan fingerprint density at radius 1 is 1.31 bits per heavy atom. The molecule has 0 spiro atoms. The van der Waals surface area contributed by atoms with Crippen molar-refractivity contribution in [2.75, 3.05) is 11.9 Å². The smallest absolute Gasteiger partial charge is 0.147 e. The van der Waals surface area contributed by atoms with E-state index in [0.29, 0.717) is 5.92 Å². The summed E-state index contributed by atoms with van der Waals surface area (Å²) in [6.07, 6.45) is 4.57. The van der Waals surface area contributed by atoms with Gasteiger partial charge in [0.1, 0.15) is 5.82 Å². The summed E-state index contributed by atoms with van der Waals surface area (Å²) < 4.78 is 0. The highest BCUT2D eigenvalue weighted by molar-refractivity contribution is 5.40. The van der Waals surface area contributed by atoms with Crippen molar-refractivity contribution in [1.29, 1.82) is 0 Å². The van der Waals surface area contributed by atoms with Gasteiger partial charge < -0.3 is 5.32 Å². The monoisotopic (exact) mass is 179 g/mol. The topological polar surface area (TPSA) is 37.8 Å². The third-order valence-electron chi connectivity index (χ3n) is 2.15. The van der Waals surface area contributed by atoms with Crippen LogP contribution in [0.25, 0.3) is 0 Å². The molecule has 0 aromatic carbocycles.